The number of hydrogen-bond donors (Lipinski definition) is 6. The molecule has 0 radical (unpaired) electrons. The predicted octanol–water partition coefficient (Wildman–Crippen LogP) is 23.0. The van der Waals surface area contributed by atoms with Crippen LogP contribution in [0, 0.1) is 0 Å². The van der Waals surface area contributed by atoms with Gasteiger partial charge < -0.3 is 45.1 Å². The first-order valence-electron chi connectivity index (χ1n) is 41.7. The third kappa shape index (κ3) is 62.6. The highest BCUT2D eigenvalue weighted by molar-refractivity contribution is 5.76. The number of rotatable bonds is 74. The molecule has 1 aliphatic heterocycles. The van der Waals surface area contributed by atoms with Gasteiger partial charge in [-0.15, -0.1) is 0 Å². The Kier molecular flexibility index (Phi) is 70.5. The van der Waals surface area contributed by atoms with Crippen molar-refractivity contribution in [2.24, 2.45) is 0 Å². The molecule has 11 heteroatoms. The first kappa shape index (κ1) is 92.1. The Hall–Kier alpha value is -2.90. The summed E-state index contributed by atoms with van der Waals surface area (Å²) in [6.07, 6.45) is 92.5. The lowest BCUT2D eigenvalue weighted by molar-refractivity contribution is -0.302. The normalized spacial score (nSPS) is 17.6. The van der Waals surface area contributed by atoms with E-state index in [9.17, 15) is 35.1 Å². The SMILES string of the molecule is CCC/C=C/CC/C=C/CC/C=C/C(O)C(COC1OC(CO)C(O)C(O)C1O)NC(=O)CCCCCCCCCCCCCCCCCCC/C=C\C/C=C\CCCCCCCCCCCCCCCCCOC(=O)CCCCCCCCCCC/C=C\CCCCCCCC. The summed E-state index contributed by atoms with van der Waals surface area (Å²) >= 11 is 0. The molecule has 1 rings (SSSR count). The van der Waals surface area contributed by atoms with E-state index in [1.165, 1.54) is 289 Å². The molecule has 1 saturated heterocycles. The van der Waals surface area contributed by atoms with Crippen LogP contribution in [0.15, 0.2) is 72.9 Å². The summed E-state index contributed by atoms with van der Waals surface area (Å²) in [7, 11) is 0. The molecule has 6 N–H and O–H groups in total. The lowest BCUT2D eigenvalue weighted by atomic mass is 9.99. The summed E-state index contributed by atoms with van der Waals surface area (Å²) in [4.78, 5) is 25.2. The molecule has 11 nitrogen and oxygen atoms in total. The van der Waals surface area contributed by atoms with Crippen LogP contribution in [0.1, 0.15) is 399 Å². The van der Waals surface area contributed by atoms with E-state index < -0.39 is 49.5 Å². The van der Waals surface area contributed by atoms with E-state index in [-0.39, 0.29) is 18.5 Å². The average molecular weight is 1370 g/mol. The van der Waals surface area contributed by atoms with Gasteiger partial charge in [0.15, 0.2) is 6.29 Å². The predicted molar refractivity (Wildman–Crippen MR) is 412 cm³/mol. The van der Waals surface area contributed by atoms with Crippen LogP contribution in [-0.4, -0.2) is 100 Å². The third-order valence-electron chi connectivity index (χ3n) is 19.5. The molecule has 97 heavy (non-hydrogen) atoms. The number of amides is 1. The molecule has 1 amide bonds. The van der Waals surface area contributed by atoms with Gasteiger partial charge in [-0.3, -0.25) is 9.59 Å². The van der Waals surface area contributed by atoms with Crippen molar-refractivity contribution < 1.29 is 49.3 Å². The minimum Gasteiger partial charge on any atom is -0.466 e. The zero-order chi connectivity index (χ0) is 70.1. The molecular formula is C86H157NO10. The Balaban J connectivity index is 1.87. The lowest BCUT2D eigenvalue weighted by Crippen LogP contribution is -2.60. The topological polar surface area (TPSA) is 175 Å². The number of carbonyl (C=O) groups is 2. The van der Waals surface area contributed by atoms with Crippen LogP contribution in [-0.2, 0) is 23.8 Å². The quantitative estimate of drug-likeness (QED) is 0.0195. The van der Waals surface area contributed by atoms with E-state index in [2.05, 4.69) is 79.9 Å². The van der Waals surface area contributed by atoms with Crippen molar-refractivity contribution in [3.05, 3.63) is 72.9 Å². The number of unbranched alkanes of at least 4 members (excludes halogenated alkanes) is 50. The van der Waals surface area contributed by atoms with Crippen molar-refractivity contribution in [3.8, 4) is 0 Å². The summed E-state index contributed by atoms with van der Waals surface area (Å²) in [5, 5.41) is 54.4. The molecule has 0 bridgehead atoms. The molecule has 0 aromatic carbocycles. The fourth-order valence-corrected chi connectivity index (χ4v) is 13.0. The highest BCUT2D eigenvalue weighted by Gasteiger charge is 2.44. The zero-order valence-corrected chi connectivity index (χ0v) is 63.3. The number of esters is 1. The molecule has 1 heterocycles. The Morgan fingerprint density at radius 1 is 0.381 bits per heavy atom. The van der Waals surface area contributed by atoms with Gasteiger partial charge in [-0.2, -0.15) is 0 Å². The minimum absolute atomic E-state index is 0.0141. The van der Waals surface area contributed by atoms with E-state index in [4.69, 9.17) is 14.2 Å². The van der Waals surface area contributed by atoms with Crippen molar-refractivity contribution in [2.45, 2.75) is 442 Å². The van der Waals surface area contributed by atoms with Gasteiger partial charge in [0.1, 0.15) is 24.4 Å². The van der Waals surface area contributed by atoms with Gasteiger partial charge in [-0.1, -0.05) is 350 Å². The van der Waals surface area contributed by atoms with Crippen LogP contribution < -0.4 is 5.32 Å². The second-order valence-electron chi connectivity index (χ2n) is 28.8. The van der Waals surface area contributed by atoms with Crippen LogP contribution in [0.5, 0.6) is 0 Å². The Morgan fingerprint density at radius 3 is 1.12 bits per heavy atom. The second-order valence-corrected chi connectivity index (χ2v) is 28.8. The number of nitrogens with one attached hydrogen (secondary N) is 1. The fourth-order valence-electron chi connectivity index (χ4n) is 13.0. The maximum atomic E-state index is 13.1. The van der Waals surface area contributed by atoms with Crippen LogP contribution >= 0.6 is 0 Å². The molecule has 0 aromatic rings. The molecule has 0 saturated carbocycles. The van der Waals surface area contributed by atoms with Crippen molar-refractivity contribution >= 4 is 11.9 Å². The third-order valence-corrected chi connectivity index (χ3v) is 19.5. The molecule has 0 spiro atoms. The zero-order valence-electron chi connectivity index (χ0n) is 63.3. The van der Waals surface area contributed by atoms with Gasteiger partial charge in [0.05, 0.1) is 32.0 Å². The monoisotopic (exact) mass is 1360 g/mol. The number of aliphatic hydroxyl groups is 5. The second kappa shape index (κ2) is 74.3. The van der Waals surface area contributed by atoms with Crippen LogP contribution in [0.3, 0.4) is 0 Å². The van der Waals surface area contributed by atoms with E-state index >= 15 is 0 Å². The number of allylic oxidation sites excluding steroid dienone is 11. The number of ether oxygens (including phenoxy) is 3. The molecule has 0 aromatic heterocycles. The van der Waals surface area contributed by atoms with Gasteiger partial charge in [0, 0.05) is 12.8 Å². The van der Waals surface area contributed by atoms with Gasteiger partial charge in [-0.05, 0) is 109 Å². The van der Waals surface area contributed by atoms with Crippen molar-refractivity contribution in [1.29, 1.82) is 0 Å². The molecule has 1 aliphatic rings. The first-order chi connectivity index (χ1) is 47.7. The van der Waals surface area contributed by atoms with Crippen LogP contribution in [0.2, 0.25) is 0 Å². The average Bonchev–Trinajstić information content (AvgIpc) is 0.869. The van der Waals surface area contributed by atoms with Crippen molar-refractivity contribution in [2.75, 3.05) is 19.8 Å². The summed E-state index contributed by atoms with van der Waals surface area (Å²) in [5.74, 6) is -0.180. The van der Waals surface area contributed by atoms with Gasteiger partial charge in [0.2, 0.25) is 5.91 Å². The van der Waals surface area contributed by atoms with Gasteiger partial charge >= 0.3 is 5.97 Å². The van der Waals surface area contributed by atoms with Gasteiger partial charge in [0.25, 0.3) is 0 Å². The summed E-state index contributed by atoms with van der Waals surface area (Å²) < 4.78 is 16.8. The van der Waals surface area contributed by atoms with Crippen LogP contribution in [0.25, 0.3) is 0 Å². The van der Waals surface area contributed by atoms with Gasteiger partial charge in [-0.25, -0.2) is 0 Å². The molecular weight excluding hydrogens is 1210 g/mol. The van der Waals surface area contributed by atoms with E-state index in [1.54, 1.807) is 6.08 Å². The molecule has 566 valence electrons. The Labute approximate surface area is 598 Å². The smallest absolute Gasteiger partial charge is 0.305 e. The van der Waals surface area contributed by atoms with E-state index in [1.807, 2.05) is 6.08 Å². The molecule has 1 fully saturated rings. The van der Waals surface area contributed by atoms with E-state index in [0.717, 1.165) is 83.5 Å². The molecule has 0 aliphatic carbocycles. The standard InChI is InChI=1S/C86H157NO10/c1-3-5-7-9-11-13-15-16-17-18-40-44-47-50-54-58-62-66-70-74-82(91)95-75-71-67-63-59-55-51-48-45-42-39-37-35-33-31-29-27-25-23-21-19-20-22-24-26-28-30-32-34-36-38-41-43-46-49-53-57-61-65-69-73-81(90)87-78(77-96-86-85(94)84(93)83(92)80(76-88)97-86)79(89)72-68-64-60-56-52-14-12-10-8-6-4-2/h8,10,16-17,19-20,23,25,52,56,68,72,78-80,83-86,88-89,92-94H,3-7,9,11-15,18,21-22,24,26-51,53-55,57-67,69-71,73-77H2,1-2H3,(H,87,90)/b10-8+,17-16-,20-19-,25-23-,56-52+,72-68+. The van der Waals surface area contributed by atoms with E-state index in [0.29, 0.717) is 19.4 Å². The summed E-state index contributed by atoms with van der Waals surface area (Å²) in [6.45, 7) is 4.28. The summed E-state index contributed by atoms with van der Waals surface area (Å²) in [5.41, 5.74) is 0. The Bertz CT molecular complexity index is 1850. The van der Waals surface area contributed by atoms with Crippen molar-refractivity contribution in [3.63, 3.8) is 0 Å². The largest absolute Gasteiger partial charge is 0.466 e. The Morgan fingerprint density at radius 2 is 0.722 bits per heavy atom. The molecule has 7 atom stereocenters. The lowest BCUT2D eigenvalue weighted by Gasteiger charge is -2.40. The maximum Gasteiger partial charge on any atom is 0.305 e. The highest BCUT2D eigenvalue weighted by atomic mass is 16.7. The number of hydrogen-bond acceptors (Lipinski definition) is 10. The van der Waals surface area contributed by atoms with Crippen LogP contribution in [0.4, 0.5) is 0 Å². The maximum absolute atomic E-state index is 13.1. The highest BCUT2D eigenvalue weighted by Crippen LogP contribution is 2.24. The molecule has 7 unspecified atom stereocenters. The van der Waals surface area contributed by atoms with Crippen molar-refractivity contribution in [1.82, 2.24) is 5.32 Å². The summed E-state index contributed by atoms with van der Waals surface area (Å²) in [6, 6.07) is -0.833. The minimum atomic E-state index is -1.58. The fraction of sp³-hybridized carbons (Fsp3) is 0.837. The number of aliphatic hydroxyl groups excluding tert-OH is 5. The number of carbonyl (C=O) groups excluding carboxylic acids is 2. The first-order valence-corrected chi connectivity index (χ1v) is 41.7.